The number of sulfonamides is 1. The van der Waals surface area contributed by atoms with Gasteiger partial charge in [0.15, 0.2) is 0 Å². The van der Waals surface area contributed by atoms with Crippen LogP contribution in [0.25, 0.3) is 0 Å². The van der Waals surface area contributed by atoms with Crippen LogP contribution in [0, 0.1) is 0 Å². The van der Waals surface area contributed by atoms with Gasteiger partial charge in [-0.2, -0.15) is 0 Å². The number of hydrogen-bond acceptors (Lipinski definition) is 5. The van der Waals surface area contributed by atoms with Gasteiger partial charge in [0.1, 0.15) is 16.4 Å². The molecule has 28 heavy (non-hydrogen) atoms. The molecule has 0 saturated heterocycles. The van der Waals surface area contributed by atoms with E-state index in [1.807, 2.05) is 0 Å². The average molecular weight is 418 g/mol. The fraction of sp³-hybridized carbons (Fsp3) is 0.0526. The molecule has 3 rings (SSSR count). The molecule has 3 N–H and O–H groups in total. The average Bonchev–Trinajstić information content (AvgIpc) is 2.65. The van der Waals surface area contributed by atoms with Crippen LogP contribution in [-0.2, 0) is 21.2 Å². The molecule has 0 spiro atoms. The van der Waals surface area contributed by atoms with Crippen molar-refractivity contribution < 1.29 is 17.9 Å². The lowest BCUT2D eigenvalue weighted by Crippen LogP contribution is -2.17. The highest BCUT2D eigenvalue weighted by Crippen LogP contribution is 2.30. The lowest BCUT2D eigenvalue weighted by Gasteiger charge is -2.12. The van der Waals surface area contributed by atoms with Gasteiger partial charge in [0.25, 0.3) is 0 Å². The Morgan fingerprint density at radius 1 is 1.14 bits per heavy atom. The summed E-state index contributed by atoms with van der Waals surface area (Å²) in [6.07, 6.45) is 3.04. The van der Waals surface area contributed by atoms with Gasteiger partial charge in [-0.05, 0) is 42.0 Å². The number of primary sulfonamides is 1. The Morgan fingerprint density at radius 2 is 1.93 bits per heavy atom. The van der Waals surface area contributed by atoms with Crippen LogP contribution in [0.5, 0.6) is 11.5 Å². The van der Waals surface area contributed by atoms with E-state index in [1.54, 1.807) is 42.6 Å². The van der Waals surface area contributed by atoms with Crippen molar-refractivity contribution in [2.45, 2.75) is 11.3 Å². The lowest BCUT2D eigenvalue weighted by atomic mass is 10.1. The van der Waals surface area contributed by atoms with Crippen LogP contribution < -0.4 is 15.2 Å². The van der Waals surface area contributed by atoms with Crippen molar-refractivity contribution in [3.8, 4) is 11.5 Å². The molecule has 3 aromatic rings. The number of pyridine rings is 1. The van der Waals surface area contributed by atoms with E-state index in [4.69, 9.17) is 21.5 Å². The highest BCUT2D eigenvalue weighted by atomic mass is 35.5. The van der Waals surface area contributed by atoms with Gasteiger partial charge in [-0.1, -0.05) is 29.8 Å². The molecule has 0 aliphatic heterocycles. The van der Waals surface area contributed by atoms with E-state index < -0.39 is 10.0 Å². The molecule has 0 fully saturated rings. The third-order valence-electron chi connectivity index (χ3n) is 3.71. The fourth-order valence-electron chi connectivity index (χ4n) is 2.45. The molecule has 0 saturated carbocycles. The van der Waals surface area contributed by atoms with Crippen molar-refractivity contribution in [3.63, 3.8) is 0 Å². The number of anilines is 1. The van der Waals surface area contributed by atoms with E-state index in [2.05, 4.69) is 10.3 Å². The number of carbonyl (C=O) groups excluding carboxylic acids is 1. The Bertz CT molecular complexity index is 1110. The Morgan fingerprint density at radius 3 is 2.61 bits per heavy atom. The predicted molar refractivity (Wildman–Crippen MR) is 106 cm³/mol. The van der Waals surface area contributed by atoms with E-state index in [1.165, 1.54) is 24.4 Å². The number of halogens is 1. The monoisotopic (exact) mass is 417 g/mol. The molecule has 7 nitrogen and oxygen atoms in total. The number of nitrogens with two attached hydrogens (primary N) is 1. The van der Waals surface area contributed by atoms with E-state index in [0.717, 1.165) is 0 Å². The maximum absolute atomic E-state index is 12.3. The van der Waals surface area contributed by atoms with Crippen molar-refractivity contribution in [2.24, 2.45) is 5.14 Å². The summed E-state index contributed by atoms with van der Waals surface area (Å²) in [5.74, 6) is 0.0249. The van der Waals surface area contributed by atoms with Crippen LogP contribution in [-0.4, -0.2) is 19.3 Å². The summed E-state index contributed by atoms with van der Waals surface area (Å²) in [5, 5.41) is 8.41. The van der Waals surface area contributed by atoms with Crippen molar-refractivity contribution >= 4 is 33.2 Å². The number of carbonyl (C=O) groups is 1. The predicted octanol–water partition coefficient (Wildman–Crippen LogP) is 3.36. The van der Waals surface area contributed by atoms with Crippen molar-refractivity contribution in [1.29, 1.82) is 0 Å². The minimum absolute atomic E-state index is 0.0274. The van der Waals surface area contributed by atoms with Gasteiger partial charge in [-0.15, -0.1) is 0 Å². The maximum atomic E-state index is 12.3. The van der Waals surface area contributed by atoms with Gasteiger partial charge in [0.05, 0.1) is 12.6 Å². The smallest absolute Gasteiger partial charge is 0.241 e. The van der Waals surface area contributed by atoms with Crippen molar-refractivity contribution in [2.75, 3.05) is 5.32 Å². The minimum Gasteiger partial charge on any atom is -0.454 e. The van der Waals surface area contributed by atoms with Gasteiger partial charge < -0.3 is 10.1 Å². The van der Waals surface area contributed by atoms with Crippen molar-refractivity contribution in [3.05, 3.63) is 77.6 Å². The number of nitrogens with zero attached hydrogens (tertiary/aromatic N) is 1. The molecule has 0 radical (unpaired) electrons. The first-order valence-electron chi connectivity index (χ1n) is 8.11. The van der Waals surface area contributed by atoms with E-state index in [9.17, 15) is 13.2 Å². The zero-order valence-electron chi connectivity index (χ0n) is 14.5. The second-order valence-corrected chi connectivity index (χ2v) is 7.75. The number of hydrogen-bond donors (Lipinski definition) is 2. The summed E-state index contributed by atoms with van der Waals surface area (Å²) in [6, 6.07) is 14.4. The summed E-state index contributed by atoms with van der Waals surface area (Å²) in [7, 11) is -4.10. The van der Waals surface area contributed by atoms with E-state index >= 15 is 0 Å². The SMILES string of the molecule is NS(=O)(=O)c1cc(NC(=O)Cc2ccccc2Cl)ccc1Oc1cccnc1. The zero-order valence-corrected chi connectivity index (χ0v) is 16.1. The molecular weight excluding hydrogens is 402 g/mol. The molecule has 0 unspecified atom stereocenters. The highest BCUT2D eigenvalue weighted by Gasteiger charge is 2.18. The first kappa shape index (κ1) is 19.8. The third-order valence-corrected chi connectivity index (χ3v) is 5.01. The highest BCUT2D eigenvalue weighted by molar-refractivity contribution is 7.89. The normalized spacial score (nSPS) is 11.1. The zero-order chi connectivity index (χ0) is 20.1. The van der Waals surface area contributed by atoms with Gasteiger partial charge in [0.2, 0.25) is 15.9 Å². The molecule has 0 aliphatic rings. The molecule has 144 valence electrons. The Hall–Kier alpha value is -2.94. The number of ether oxygens (including phenoxy) is 1. The summed E-state index contributed by atoms with van der Waals surface area (Å²) < 4.78 is 29.5. The fourth-order valence-corrected chi connectivity index (χ4v) is 3.33. The topological polar surface area (TPSA) is 111 Å². The molecule has 2 aromatic carbocycles. The first-order valence-corrected chi connectivity index (χ1v) is 10.0. The van der Waals surface area contributed by atoms with Gasteiger partial charge in [-0.25, -0.2) is 13.6 Å². The second-order valence-electron chi connectivity index (χ2n) is 5.81. The number of aromatic nitrogens is 1. The molecule has 0 bridgehead atoms. The van der Waals surface area contributed by atoms with Gasteiger partial charge in [0, 0.05) is 16.9 Å². The lowest BCUT2D eigenvalue weighted by molar-refractivity contribution is -0.115. The van der Waals surface area contributed by atoms with Crippen molar-refractivity contribution in [1.82, 2.24) is 4.98 Å². The number of benzene rings is 2. The van der Waals surface area contributed by atoms with Crippen LogP contribution in [0.4, 0.5) is 5.69 Å². The molecule has 1 aromatic heterocycles. The number of nitrogens with one attached hydrogen (secondary N) is 1. The van der Waals surface area contributed by atoms with E-state index in [0.29, 0.717) is 16.3 Å². The maximum Gasteiger partial charge on any atom is 0.241 e. The minimum atomic E-state index is -4.10. The van der Waals surface area contributed by atoms with E-state index in [-0.39, 0.29) is 28.7 Å². The first-order chi connectivity index (χ1) is 13.3. The Labute approximate surface area is 167 Å². The molecular formula is C19H16ClN3O4S. The summed E-state index contributed by atoms with van der Waals surface area (Å²) >= 11 is 6.06. The Kier molecular flexibility index (Phi) is 5.93. The van der Waals surface area contributed by atoms with Crippen LogP contribution in [0.1, 0.15) is 5.56 Å². The second kappa shape index (κ2) is 8.39. The van der Waals surface area contributed by atoms with Crippen LogP contribution in [0.15, 0.2) is 71.9 Å². The molecule has 1 heterocycles. The van der Waals surface area contributed by atoms with Crippen LogP contribution >= 0.6 is 11.6 Å². The summed E-state index contributed by atoms with van der Waals surface area (Å²) in [6.45, 7) is 0. The molecule has 0 atom stereocenters. The standard InChI is InChI=1S/C19H16ClN3O4S/c20-16-6-2-1-4-13(16)10-19(24)23-14-7-8-17(18(11-14)28(21,25)26)27-15-5-3-9-22-12-15/h1-9,11-12H,10H2,(H,23,24)(H2,21,25,26). The third kappa shape index (κ3) is 5.07. The summed E-state index contributed by atoms with van der Waals surface area (Å²) in [4.78, 5) is 15.9. The quantitative estimate of drug-likeness (QED) is 0.638. The molecule has 1 amide bonds. The van der Waals surface area contributed by atoms with Gasteiger partial charge >= 0.3 is 0 Å². The Balaban J connectivity index is 1.83. The number of rotatable bonds is 6. The van der Waals surface area contributed by atoms with Gasteiger partial charge in [-0.3, -0.25) is 9.78 Å². The largest absolute Gasteiger partial charge is 0.454 e. The van der Waals surface area contributed by atoms with Crippen LogP contribution in [0.3, 0.4) is 0 Å². The molecule has 0 aliphatic carbocycles. The number of amides is 1. The molecule has 9 heteroatoms. The van der Waals surface area contributed by atoms with Crippen LogP contribution in [0.2, 0.25) is 5.02 Å². The summed E-state index contributed by atoms with van der Waals surface area (Å²) in [5.41, 5.74) is 0.921.